The standard InChI is InChI=1S/C12H17.2ClH.Mg/c1-5-10-6-8-11(9-7-10)12(2,3)4;;;/h6-9H,2,5H2,1,3-4H3;2*1H;/q;;;+2/p-2. The van der Waals surface area contributed by atoms with Gasteiger partial charge in [0.25, 0.3) is 0 Å². The van der Waals surface area contributed by atoms with E-state index in [4.69, 9.17) is 18.1 Å². The Kier molecular flexibility index (Phi) is 8.07. The third kappa shape index (κ3) is 6.67. The summed E-state index contributed by atoms with van der Waals surface area (Å²) >= 11 is -0.639. The molecule has 0 aliphatic rings. The molecule has 0 bridgehead atoms. The molecule has 15 heavy (non-hydrogen) atoms. The Labute approximate surface area is 111 Å². The third-order valence-corrected chi connectivity index (χ3v) is 2.14. The fourth-order valence-electron chi connectivity index (χ4n) is 1.19. The van der Waals surface area contributed by atoms with Crippen LogP contribution in [0, 0.1) is 6.92 Å². The van der Waals surface area contributed by atoms with Crippen LogP contribution in [0.3, 0.4) is 0 Å². The molecule has 0 atom stereocenters. The minimum absolute atomic E-state index is 0.0340. The van der Waals surface area contributed by atoms with Crippen LogP contribution >= 0.6 is 18.1 Å². The minimum Gasteiger partial charge on any atom is -0.309 e. The van der Waals surface area contributed by atoms with Crippen LogP contribution < -0.4 is 0 Å². The molecule has 0 unspecified atom stereocenters. The molecule has 0 aliphatic heterocycles. The van der Waals surface area contributed by atoms with Crippen LogP contribution in [0.25, 0.3) is 0 Å². The molecule has 0 nitrogen and oxygen atoms in total. The summed E-state index contributed by atoms with van der Waals surface area (Å²) in [7, 11) is 9.81. The van der Waals surface area contributed by atoms with Gasteiger partial charge in [0.2, 0.25) is 0 Å². The quantitative estimate of drug-likeness (QED) is 0.690. The fraction of sp³-hybridized carbons (Fsp3) is 0.417. The number of benzene rings is 1. The molecule has 0 amide bonds. The van der Waals surface area contributed by atoms with Crippen molar-refractivity contribution >= 4 is 36.3 Å². The molecule has 0 aromatic heterocycles. The second-order valence-electron chi connectivity index (χ2n) is 4.04. The van der Waals surface area contributed by atoms with Gasteiger partial charge in [-0.15, -0.1) is 0 Å². The third-order valence-electron chi connectivity index (χ3n) is 2.14. The first-order valence-electron chi connectivity index (χ1n) is 5.02. The van der Waals surface area contributed by atoms with Gasteiger partial charge in [-0.2, -0.15) is 0 Å². The number of aryl methyl sites for hydroxylation is 1. The highest BCUT2D eigenvalue weighted by Crippen LogP contribution is 2.21. The zero-order valence-electron chi connectivity index (χ0n) is 9.69. The minimum atomic E-state index is -0.639. The van der Waals surface area contributed by atoms with Gasteiger partial charge in [0, 0.05) is 0 Å². The Balaban J connectivity index is 0.000000583. The summed E-state index contributed by atoms with van der Waals surface area (Å²) in [5.41, 5.74) is 2.73. The molecular formula is C12H17Cl2Mg. The van der Waals surface area contributed by atoms with Crippen LogP contribution in [-0.4, -0.2) is 18.2 Å². The van der Waals surface area contributed by atoms with Gasteiger partial charge in [0.1, 0.15) is 0 Å². The molecule has 0 aliphatic carbocycles. The van der Waals surface area contributed by atoms with E-state index in [-0.39, 0.29) is 5.41 Å². The molecule has 1 aromatic carbocycles. The average Bonchev–Trinajstić information content (AvgIpc) is 2.18. The topological polar surface area (TPSA) is 0 Å². The van der Waals surface area contributed by atoms with Crippen molar-refractivity contribution in [2.24, 2.45) is 0 Å². The highest BCUT2D eigenvalue weighted by atomic mass is 35.6. The van der Waals surface area contributed by atoms with Gasteiger partial charge >= 0.3 is 18.2 Å². The van der Waals surface area contributed by atoms with Gasteiger partial charge in [-0.3, -0.25) is 0 Å². The summed E-state index contributed by atoms with van der Waals surface area (Å²) in [5, 5.41) is 0. The molecule has 0 saturated heterocycles. The Morgan fingerprint density at radius 2 is 1.60 bits per heavy atom. The Morgan fingerprint density at radius 3 is 1.87 bits per heavy atom. The van der Waals surface area contributed by atoms with E-state index >= 15 is 0 Å². The predicted octanol–water partition coefficient (Wildman–Crippen LogP) is 4.36. The SMILES string of the molecule is [CH2]C(C)(C)c1ccc(CC)cc1.[Cl][Mg][Cl]. The lowest BCUT2D eigenvalue weighted by Crippen LogP contribution is -2.11. The summed E-state index contributed by atoms with van der Waals surface area (Å²) in [6.07, 6.45) is 1.11. The van der Waals surface area contributed by atoms with E-state index in [1.807, 2.05) is 0 Å². The number of hydrogen-bond donors (Lipinski definition) is 0. The van der Waals surface area contributed by atoms with Crippen molar-refractivity contribution in [1.82, 2.24) is 0 Å². The maximum Gasteiger partial charge on any atom is 0.618 e. The van der Waals surface area contributed by atoms with Gasteiger partial charge in [0.05, 0.1) is 0 Å². The van der Waals surface area contributed by atoms with Crippen molar-refractivity contribution in [1.29, 1.82) is 0 Å². The van der Waals surface area contributed by atoms with E-state index in [9.17, 15) is 0 Å². The molecule has 0 fully saturated rings. The summed E-state index contributed by atoms with van der Waals surface area (Å²) < 4.78 is 0. The van der Waals surface area contributed by atoms with Crippen molar-refractivity contribution < 1.29 is 0 Å². The van der Waals surface area contributed by atoms with Crippen molar-refractivity contribution in [3.8, 4) is 0 Å². The maximum atomic E-state index is 4.90. The first-order chi connectivity index (χ1) is 6.95. The van der Waals surface area contributed by atoms with E-state index in [1.54, 1.807) is 0 Å². The molecular weight excluding hydrogens is 239 g/mol. The van der Waals surface area contributed by atoms with E-state index in [1.165, 1.54) is 11.1 Å². The molecule has 1 aromatic rings. The second kappa shape index (κ2) is 7.78. The number of rotatable bonds is 2. The zero-order valence-corrected chi connectivity index (χ0v) is 12.6. The van der Waals surface area contributed by atoms with E-state index in [2.05, 4.69) is 52.0 Å². The van der Waals surface area contributed by atoms with E-state index in [0.717, 1.165) is 6.42 Å². The summed E-state index contributed by atoms with van der Waals surface area (Å²) in [6, 6.07) is 8.71. The van der Waals surface area contributed by atoms with Crippen LogP contribution in [0.15, 0.2) is 24.3 Å². The second-order valence-corrected chi connectivity index (χ2v) is 6.66. The average molecular weight is 256 g/mol. The molecule has 3 heteroatoms. The highest BCUT2D eigenvalue weighted by molar-refractivity contribution is 7.22. The predicted molar refractivity (Wildman–Crippen MR) is 71.7 cm³/mol. The van der Waals surface area contributed by atoms with Crippen LogP contribution in [0.4, 0.5) is 0 Å². The molecule has 1 radical (unpaired) electrons. The van der Waals surface area contributed by atoms with Crippen LogP contribution in [0.2, 0.25) is 0 Å². The molecule has 0 heterocycles. The highest BCUT2D eigenvalue weighted by Gasteiger charge is 2.12. The first-order valence-corrected chi connectivity index (χ1v) is 9.30. The number of halogens is 2. The Morgan fingerprint density at radius 1 is 1.20 bits per heavy atom. The van der Waals surface area contributed by atoms with Gasteiger partial charge in [-0.1, -0.05) is 45.0 Å². The summed E-state index contributed by atoms with van der Waals surface area (Å²) in [5.74, 6) is 0. The Hall–Kier alpha value is 0.566. The molecule has 0 spiro atoms. The van der Waals surface area contributed by atoms with Gasteiger partial charge in [-0.25, -0.2) is 0 Å². The summed E-state index contributed by atoms with van der Waals surface area (Å²) in [6.45, 7) is 10.5. The van der Waals surface area contributed by atoms with Crippen LogP contribution in [-0.2, 0) is 11.8 Å². The van der Waals surface area contributed by atoms with Gasteiger partial charge in [0.15, 0.2) is 0 Å². The van der Waals surface area contributed by atoms with Crippen molar-refractivity contribution in [2.45, 2.75) is 32.6 Å². The smallest absolute Gasteiger partial charge is 0.309 e. The van der Waals surface area contributed by atoms with Crippen LogP contribution in [0.1, 0.15) is 31.9 Å². The summed E-state index contributed by atoms with van der Waals surface area (Å²) in [4.78, 5) is 0. The normalized spacial score (nSPS) is 10.0. The van der Waals surface area contributed by atoms with Crippen molar-refractivity contribution in [3.05, 3.63) is 42.3 Å². The largest absolute Gasteiger partial charge is 0.618 e. The monoisotopic (exact) mass is 255 g/mol. The molecule has 0 N–H and O–H groups in total. The van der Waals surface area contributed by atoms with Crippen LogP contribution in [0.5, 0.6) is 0 Å². The molecule has 81 valence electrons. The van der Waals surface area contributed by atoms with Gasteiger partial charge in [-0.05, 0) is 29.9 Å². The van der Waals surface area contributed by atoms with Gasteiger partial charge < -0.3 is 18.1 Å². The lowest BCUT2D eigenvalue weighted by Gasteiger charge is -2.18. The van der Waals surface area contributed by atoms with E-state index < -0.39 is 18.2 Å². The molecule has 0 saturated carbocycles. The molecule has 1 rings (SSSR count). The van der Waals surface area contributed by atoms with Crippen molar-refractivity contribution in [3.63, 3.8) is 0 Å². The van der Waals surface area contributed by atoms with E-state index in [0.29, 0.717) is 0 Å². The number of hydrogen-bond acceptors (Lipinski definition) is 0. The van der Waals surface area contributed by atoms with Crippen molar-refractivity contribution in [2.75, 3.05) is 0 Å². The lowest BCUT2D eigenvalue weighted by molar-refractivity contribution is 0.664. The lowest BCUT2D eigenvalue weighted by atomic mass is 9.86. The zero-order chi connectivity index (χ0) is 11.9. The maximum absolute atomic E-state index is 4.90. The Bertz CT molecular complexity index is 262. The fourth-order valence-corrected chi connectivity index (χ4v) is 1.19. The first kappa shape index (κ1) is 15.6.